The maximum absolute atomic E-state index is 6.46. The number of rotatable bonds is 3. The second-order valence-corrected chi connectivity index (χ2v) is 6.80. The third-order valence-electron chi connectivity index (χ3n) is 5.38. The van der Waals surface area contributed by atoms with Crippen molar-refractivity contribution in [1.29, 1.82) is 0 Å². The van der Waals surface area contributed by atoms with Crippen LogP contribution in [0.2, 0.25) is 0 Å². The smallest absolute Gasteiger partial charge is 0.127 e. The van der Waals surface area contributed by atoms with Gasteiger partial charge in [0, 0.05) is 17.9 Å². The number of hydrogen-bond acceptors (Lipinski definition) is 2. The SMILES string of the molecule is Nc1c(C2CCC2)nc(C2CCCCC2)n1C1CC1. The van der Waals surface area contributed by atoms with E-state index in [0.717, 1.165) is 5.82 Å². The molecule has 19 heavy (non-hydrogen) atoms. The van der Waals surface area contributed by atoms with Crippen molar-refractivity contribution in [3.05, 3.63) is 11.5 Å². The maximum atomic E-state index is 6.46. The molecule has 1 heterocycles. The lowest BCUT2D eigenvalue weighted by atomic mass is 9.83. The van der Waals surface area contributed by atoms with E-state index in [2.05, 4.69) is 4.57 Å². The molecule has 0 atom stereocenters. The standard InChI is InChI=1S/C16H25N3/c17-15-14(11-7-4-8-11)18-16(19(15)13-9-10-13)12-5-2-1-3-6-12/h11-13H,1-10,17H2. The van der Waals surface area contributed by atoms with Gasteiger partial charge in [0.2, 0.25) is 0 Å². The second kappa shape index (κ2) is 4.53. The minimum absolute atomic E-state index is 0.669. The monoisotopic (exact) mass is 259 g/mol. The van der Waals surface area contributed by atoms with Gasteiger partial charge < -0.3 is 10.3 Å². The molecule has 1 aromatic heterocycles. The number of anilines is 1. The van der Waals surface area contributed by atoms with Crippen LogP contribution in [0.5, 0.6) is 0 Å². The Labute approximate surface area is 115 Å². The van der Waals surface area contributed by atoms with Crippen molar-refractivity contribution in [3.63, 3.8) is 0 Å². The molecule has 0 bridgehead atoms. The van der Waals surface area contributed by atoms with Crippen molar-refractivity contribution in [2.75, 3.05) is 5.73 Å². The molecule has 1 aromatic rings. The molecular weight excluding hydrogens is 234 g/mol. The first kappa shape index (κ1) is 11.8. The molecule has 0 unspecified atom stereocenters. The zero-order valence-electron chi connectivity index (χ0n) is 11.8. The van der Waals surface area contributed by atoms with E-state index < -0.39 is 0 Å². The Morgan fingerprint density at radius 1 is 0.842 bits per heavy atom. The van der Waals surface area contributed by atoms with Crippen LogP contribution in [-0.4, -0.2) is 9.55 Å². The molecule has 3 heteroatoms. The molecule has 3 fully saturated rings. The van der Waals surface area contributed by atoms with E-state index in [1.165, 1.54) is 75.7 Å². The summed E-state index contributed by atoms with van der Waals surface area (Å²) in [4.78, 5) is 5.05. The van der Waals surface area contributed by atoms with Gasteiger partial charge in [-0.3, -0.25) is 0 Å². The summed E-state index contributed by atoms with van der Waals surface area (Å²) in [5.41, 5.74) is 7.71. The number of imidazole rings is 1. The Bertz CT molecular complexity index is 463. The quantitative estimate of drug-likeness (QED) is 0.887. The van der Waals surface area contributed by atoms with E-state index in [1.54, 1.807) is 0 Å². The molecule has 0 aromatic carbocycles. The highest BCUT2D eigenvalue weighted by atomic mass is 15.2. The summed E-state index contributed by atoms with van der Waals surface area (Å²) in [5, 5.41) is 0. The molecule has 3 aliphatic rings. The zero-order valence-corrected chi connectivity index (χ0v) is 11.8. The molecule has 3 nitrogen and oxygen atoms in total. The van der Waals surface area contributed by atoms with Crippen LogP contribution in [0.25, 0.3) is 0 Å². The summed E-state index contributed by atoms with van der Waals surface area (Å²) < 4.78 is 2.43. The highest BCUT2D eigenvalue weighted by molar-refractivity contribution is 5.43. The first-order valence-corrected chi connectivity index (χ1v) is 8.22. The predicted octanol–water partition coefficient (Wildman–Crippen LogP) is 4.12. The summed E-state index contributed by atoms with van der Waals surface area (Å²) in [6.45, 7) is 0. The third kappa shape index (κ3) is 1.98. The van der Waals surface area contributed by atoms with E-state index in [9.17, 15) is 0 Å². The van der Waals surface area contributed by atoms with Crippen molar-refractivity contribution in [2.45, 2.75) is 82.1 Å². The van der Waals surface area contributed by atoms with Crippen LogP contribution < -0.4 is 5.73 Å². The van der Waals surface area contributed by atoms with E-state index in [-0.39, 0.29) is 0 Å². The van der Waals surface area contributed by atoms with Gasteiger partial charge in [0.25, 0.3) is 0 Å². The van der Waals surface area contributed by atoms with Gasteiger partial charge in [-0.05, 0) is 38.5 Å². The van der Waals surface area contributed by atoms with Gasteiger partial charge in [0.05, 0.1) is 5.69 Å². The summed E-state index contributed by atoms with van der Waals surface area (Å²) >= 11 is 0. The molecule has 0 spiro atoms. The minimum Gasteiger partial charge on any atom is -0.384 e. The third-order valence-corrected chi connectivity index (χ3v) is 5.38. The van der Waals surface area contributed by atoms with Gasteiger partial charge in [0.1, 0.15) is 11.6 Å². The summed E-state index contributed by atoms with van der Waals surface area (Å²) in [6.07, 6.45) is 13.4. The Morgan fingerprint density at radius 3 is 2.11 bits per heavy atom. The first-order valence-electron chi connectivity index (χ1n) is 8.22. The highest BCUT2D eigenvalue weighted by Crippen LogP contribution is 2.46. The fraction of sp³-hybridized carbons (Fsp3) is 0.812. The molecule has 2 N–H and O–H groups in total. The molecule has 0 saturated heterocycles. The lowest BCUT2D eigenvalue weighted by molar-refractivity contribution is 0.405. The molecule has 3 saturated carbocycles. The second-order valence-electron chi connectivity index (χ2n) is 6.80. The summed E-state index contributed by atoms with van der Waals surface area (Å²) in [5.74, 6) is 3.72. The molecular formula is C16H25N3. The van der Waals surface area contributed by atoms with Crippen LogP contribution in [0.1, 0.15) is 93.6 Å². The fourth-order valence-corrected chi connectivity index (χ4v) is 3.83. The predicted molar refractivity (Wildman–Crippen MR) is 77.3 cm³/mol. The number of nitrogens with two attached hydrogens (primary N) is 1. The minimum atomic E-state index is 0.669. The summed E-state index contributed by atoms with van der Waals surface area (Å²) in [7, 11) is 0. The van der Waals surface area contributed by atoms with Crippen LogP contribution >= 0.6 is 0 Å². The van der Waals surface area contributed by atoms with Crippen LogP contribution in [0, 0.1) is 0 Å². The summed E-state index contributed by atoms with van der Waals surface area (Å²) in [6, 6.07) is 0.679. The van der Waals surface area contributed by atoms with E-state index in [1.807, 2.05) is 0 Å². The lowest BCUT2D eigenvalue weighted by Gasteiger charge is -2.24. The Kier molecular flexibility index (Phi) is 2.82. The normalized spacial score (nSPS) is 25.5. The van der Waals surface area contributed by atoms with Gasteiger partial charge in [0.15, 0.2) is 0 Å². The van der Waals surface area contributed by atoms with Crippen molar-refractivity contribution in [3.8, 4) is 0 Å². The van der Waals surface area contributed by atoms with Gasteiger partial charge in [-0.1, -0.05) is 25.7 Å². The average molecular weight is 259 g/mol. The van der Waals surface area contributed by atoms with Gasteiger partial charge in [-0.25, -0.2) is 4.98 Å². The van der Waals surface area contributed by atoms with Crippen molar-refractivity contribution >= 4 is 5.82 Å². The van der Waals surface area contributed by atoms with Gasteiger partial charge in [-0.15, -0.1) is 0 Å². The van der Waals surface area contributed by atoms with Crippen LogP contribution in [0.3, 0.4) is 0 Å². The first-order chi connectivity index (χ1) is 9.34. The molecule has 0 amide bonds. The van der Waals surface area contributed by atoms with Crippen LogP contribution in [0.4, 0.5) is 5.82 Å². The fourth-order valence-electron chi connectivity index (χ4n) is 3.83. The van der Waals surface area contributed by atoms with Crippen molar-refractivity contribution in [1.82, 2.24) is 9.55 Å². The van der Waals surface area contributed by atoms with E-state index >= 15 is 0 Å². The highest BCUT2D eigenvalue weighted by Gasteiger charge is 2.35. The van der Waals surface area contributed by atoms with Crippen molar-refractivity contribution < 1.29 is 0 Å². The number of aromatic nitrogens is 2. The van der Waals surface area contributed by atoms with Gasteiger partial charge >= 0.3 is 0 Å². The maximum Gasteiger partial charge on any atom is 0.127 e. The van der Waals surface area contributed by atoms with Crippen molar-refractivity contribution in [2.24, 2.45) is 0 Å². The molecule has 104 valence electrons. The molecule has 0 radical (unpaired) electrons. The number of nitrogen functional groups attached to an aromatic ring is 1. The number of nitrogens with zero attached hydrogens (tertiary/aromatic N) is 2. The Balaban J connectivity index is 1.70. The Morgan fingerprint density at radius 2 is 1.53 bits per heavy atom. The largest absolute Gasteiger partial charge is 0.384 e. The Hall–Kier alpha value is -0.990. The molecule has 0 aliphatic heterocycles. The van der Waals surface area contributed by atoms with Gasteiger partial charge in [-0.2, -0.15) is 0 Å². The van der Waals surface area contributed by atoms with Crippen LogP contribution in [-0.2, 0) is 0 Å². The molecule has 4 rings (SSSR count). The van der Waals surface area contributed by atoms with E-state index in [0.29, 0.717) is 17.9 Å². The number of hydrogen-bond donors (Lipinski definition) is 1. The zero-order chi connectivity index (χ0) is 12.8. The molecule has 3 aliphatic carbocycles. The lowest BCUT2D eigenvalue weighted by Crippen LogP contribution is -2.13. The van der Waals surface area contributed by atoms with Crippen LogP contribution in [0.15, 0.2) is 0 Å². The van der Waals surface area contributed by atoms with E-state index in [4.69, 9.17) is 10.7 Å². The topological polar surface area (TPSA) is 43.8 Å². The average Bonchev–Trinajstić information content (AvgIpc) is 3.15.